The van der Waals surface area contributed by atoms with Crippen LogP contribution >= 0.6 is 11.6 Å². The second kappa shape index (κ2) is 8.08. The van der Waals surface area contributed by atoms with Crippen molar-refractivity contribution >= 4 is 23.5 Å². The van der Waals surface area contributed by atoms with Gasteiger partial charge in [0.1, 0.15) is 5.54 Å². The van der Waals surface area contributed by atoms with Crippen molar-refractivity contribution in [1.82, 2.24) is 10.2 Å². The molecule has 2 aromatic carbocycles. The molecule has 1 heterocycles. The summed E-state index contributed by atoms with van der Waals surface area (Å²) in [5.74, 6) is -0.399. The molecule has 1 aliphatic rings. The number of aliphatic hydroxyl groups is 1. The Labute approximate surface area is 162 Å². The van der Waals surface area contributed by atoms with Gasteiger partial charge in [-0.15, -0.1) is 0 Å². The zero-order chi connectivity index (χ0) is 19.4. The van der Waals surface area contributed by atoms with Gasteiger partial charge < -0.3 is 15.2 Å². The lowest BCUT2D eigenvalue weighted by atomic mass is 9.92. The van der Waals surface area contributed by atoms with Gasteiger partial charge in [0, 0.05) is 5.02 Å². The molecule has 0 unspecified atom stereocenters. The molecule has 7 heteroatoms. The van der Waals surface area contributed by atoms with E-state index in [4.69, 9.17) is 16.3 Å². The van der Waals surface area contributed by atoms with Crippen LogP contribution in [-0.2, 0) is 21.7 Å². The average molecular weight is 389 g/mol. The van der Waals surface area contributed by atoms with Crippen LogP contribution in [0.15, 0.2) is 54.6 Å². The number of hydrogen-bond donors (Lipinski definition) is 2. The minimum Gasteiger partial charge on any atom is -0.389 e. The number of hydrogen-bond acceptors (Lipinski definition) is 4. The number of aliphatic hydroxyl groups excluding tert-OH is 1. The molecule has 142 valence electrons. The first-order valence-corrected chi connectivity index (χ1v) is 8.98. The fraction of sp³-hybridized carbons (Fsp3) is 0.300. The third-order valence-electron chi connectivity index (χ3n) is 4.55. The Hall–Kier alpha value is -2.41. The SMILES string of the molecule is C[C@@]1(c2ccccc2)NC(=O)N(C[C@@H](O)COCc2ccccc2Cl)C1=O. The van der Waals surface area contributed by atoms with Crippen LogP contribution in [0.5, 0.6) is 0 Å². The van der Waals surface area contributed by atoms with Crippen LogP contribution in [0.3, 0.4) is 0 Å². The molecule has 27 heavy (non-hydrogen) atoms. The van der Waals surface area contributed by atoms with E-state index >= 15 is 0 Å². The Balaban J connectivity index is 1.58. The van der Waals surface area contributed by atoms with E-state index in [1.54, 1.807) is 37.3 Å². The predicted octanol–water partition coefficient (Wildman–Crippen LogP) is 2.68. The van der Waals surface area contributed by atoms with Gasteiger partial charge in [-0.05, 0) is 24.1 Å². The maximum absolute atomic E-state index is 12.8. The van der Waals surface area contributed by atoms with Crippen LogP contribution in [0.1, 0.15) is 18.1 Å². The number of imide groups is 1. The minimum absolute atomic E-state index is 0.0235. The van der Waals surface area contributed by atoms with Crippen molar-refractivity contribution in [1.29, 1.82) is 0 Å². The second-order valence-electron chi connectivity index (χ2n) is 6.60. The summed E-state index contributed by atoms with van der Waals surface area (Å²) in [5.41, 5.74) is 0.351. The topological polar surface area (TPSA) is 78.9 Å². The molecule has 2 aromatic rings. The Kier molecular flexibility index (Phi) is 5.79. The molecule has 0 bridgehead atoms. The summed E-state index contributed by atoms with van der Waals surface area (Å²) in [4.78, 5) is 26.1. The number of halogens is 1. The average Bonchev–Trinajstić information content (AvgIpc) is 2.88. The number of amides is 3. The molecule has 2 atom stereocenters. The fourth-order valence-corrected chi connectivity index (χ4v) is 3.20. The number of β-amino-alcohol motifs (C(OH)–C–C–N with tert-alkyl or cyclic N) is 1. The Bertz CT molecular complexity index is 830. The predicted molar refractivity (Wildman–Crippen MR) is 101 cm³/mol. The molecule has 1 saturated heterocycles. The van der Waals surface area contributed by atoms with Gasteiger partial charge in [-0.25, -0.2) is 4.79 Å². The summed E-state index contributed by atoms with van der Waals surface area (Å²) in [5, 5.41) is 13.5. The van der Waals surface area contributed by atoms with Crippen molar-refractivity contribution in [2.75, 3.05) is 13.2 Å². The molecule has 1 aliphatic heterocycles. The zero-order valence-electron chi connectivity index (χ0n) is 14.9. The van der Waals surface area contributed by atoms with Crippen molar-refractivity contribution in [3.05, 3.63) is 70.7 Å². The maximum Gasteiger partial charge on any atom is 0.325 e. The third-order valence-corrected chi connectivity index (χ3v) is 4.91. The molecule has 6 nitrogen and oxygen atoms in total. The minimum atomic E-state index is -1.14. The highest BCUT2D eigenvalue weighted by molar-refractivity contribution is 6.31. The molecule has 0 aliphatic carbocycles. The van der Waals surface area contributed by atoms with Crippen LogP contribution in [0.4, 0.5) is 4.79 Å². The number of urea groups is 1. The van der Waals surface area contributed by atoms with Crippen LogP contribution in [-0.4, -0.2) is 41.2 Å². The van der Waals surface area contributed by atoms with E-state index in [1.165, 1.54) is 0 Å². The summed E-state index contributed by atoms with van der Waals surface area (Å²) < 4.78 is 5.48. The van der Waals surface area contributed by atoms with E-state index in [0.29, 0.717) is 10.6 Å². The zero-order valence-corrected chi connectivity index (χ0v) is 15.6. The van der Waals surface area contributed by atoms with E-state index in [2.05, 4.69) is 5.32 Å². The Morgan fingerprint density at radius 3 is 2.52 bits per heavy atom. The molecule has 0 saturated carbocycles. The lowest BCUT2D eigenvalue weighted by molar-refractivity contribution is -0.132. The molecule has 3 rings (SSSR count). The largest absolute Gasteiger partial charge is 0.389 e. The first-order valence-electron chi connectivity index (χ1n) is 8.60. The van der Waals surface area contributed by atoms with Crippen LogP contribution in [0.25, 0.3) is 0 Å². The Morgan fingerprint density at radius 2 is 1.81 bits per heavy atom. The molecule has 0 radical (unpaired) electrons. The van der Waals surface area contributed by atoms with Crippen molar-refractivity contribution in [2.45, 2.75) is 25.2 Å². The van der Waals surface area contributed by atoms with Gasteiger partial charge in [-0.1, -0.05) is 60.1 Å². The van der Waals surface area contributed by atoms with Crippen molar-refractivity contribution in [2.24, 2.45) is 0 Å². The van der Waals surface area contributed by atoms with E-state index in [-0.39, 0.29) is 19.8 Å². The number of nitrogens with one attached hydrogen (secondary N) is 1. The number of benzene rings is 2. The van der Waals surface area contributed by atoms with Crippen LogP contribution in [0.2, 0.25) is 5.02 Å². The van der Waals surface area contributed by atoms with E-state index < -0.39 is 23.6 Å². The smallest absolute Gasteiger partial charge is 0.325 e. The number of rotatable bonds is 7. The molecule has 0 aromatic heterocycles. The lowest BCUT2D eigenvalue weighted by Crippen LogP contribution is -2.42. The highest BCUT2D eigenvalue weighted by Gasteiger charge is 2.49. The van der Waals surface area contributed by atoms with Crippen LogP contribution < -0.4 is 5.32 Å². The van der Waals surface area contributed by atoms with E-state index in [1.807, 2.05) is 24.3 Å². The first kappa shape index (κ1) is 19.4. The molecule has 0 spiro atoms. The van der Waals surface area contributed by atoms with Crippen molar-refractivity contribution < 1.29 is 19.4 Å². The third kappa shape index (κ3) is 4.13. The summed E-state index contributed by atoms with van der Waals surface area (Å²) >= 11 is 6.06. The van der Waals surface area contributed by atoms with E-state index in [9.17, 15) is 14.7 Å². The number of ether oxygens (including phenoxy) is 1. The number of carbonyl (C=O) groups is 2. The first-order chi connectivity index (χ1) is 12.9. The van der Waals surface area contributed by atoms with Gasteiger partial charge in [0.15, 0.2) is 0 Å². The molecule has 2 N–H and O–H groups in total. The molecular weight excluding hydrogens is 368 g/mol. The lowest BCUT2D eigenvalue weighted by Gasteiger charge is -2.23. The van der Waals surface area contributed by atoms with Gasteiger partial charge in [-0.3, -0.25) is 9.69 Å². The van der Waals surface area contributed by atoms with Crippen LogP contribution in [0, 0.1) is 0 Å². The fourth-order valence-electron chi connectivity index (χ4n) is 3.01. The number of nitrogens with zero attached hydrogens (tertiary/aromatic N) is 1. The van der Waals surface area contributed by atoms with E-state index in [0.717, 1.165) is 10.5 Å². The summed E-state index contributed by atoms with van der Waals surface area (Å²) in [6.07, 6.45) is -1.000. The standard InChI is InChI=1S/C20H21ClN2O4/c1-20(15-8-3-2-4-9-15)18(25)23(19(26)22-20)11-16(24)13-27-12-14-7-5-6-10-17(14)21/h2-10,16,24H,11-13H2,1H3,(H,22,26)/t16-,20+/m1/s1. The normalized spacial score (nSPS) is 20.6. The quantitative estimate of drug-likeness (QED) is 0.715. The molecule has 3 amide bonds. The van der Waals surface area contributed by atoms with Gasteiger partial charge in [0.25, 0.3) is 5.91 Å². The maximum atomic E-state index is 12.8. The van der Waals surface area contributed by atoms with Crippen molar-refractivity contribution in [3.63, 3.8) is 0 Å². The highest BCUT2D eigenvalue weighted by Crippen LogP contribution is 2.28. The Morgan fingerprint density at radius 1 is 1.15 bits per heavy atom. The summed E-state index contributed by atoms with van der Waals surface area (Å²) in [6, 6.07) is 15.7. The van der Waals surface area contributed by atoms with Gasteiger partial charge in [0.05, 0.1) is 25.9 Å². The van der Waals surface area contributed by atoms with Gasteiger partial charge in [0.2, 0.25) is 0 Å². The monoisotopic (exact) mass is 388 g/mol. The highest BCUT2D eigenvalue weighted by atomic mass is 35.5. The molecular formula is C20H21ClN2O4. The summed E-state index contributed by atoms with van der Waals surface area (Å²) in [6.45, 7) is 1.72. The molecule has 1 fully saturated rings. The second-order valence-corrected chi connectivity index (χ2v) is 7.00. The van der Waals surface area contributed by atoms with Gasteiger partial charge in [-0.2, -0.15) is 0 Å². The van der Waals surface area contributed by atoms with Crippen molar-refractivity contribution in [3.8, 4) is 0 Å². The number of carbonyl (C=O) groups excluding carboxylic acids is 2. The van der Waals surface area contributed by atoms with Gasteiger partial charge >= 0.3 is 6.03 Å². The summed E-state index contributed by atoms with van der Waals surface area (Å²) in [7, 11) is 0.